The Morgan fingerprint density at radius 1 is 1.33 bits per heavy atom. The quantitative estimate of drug-likeness (QED) is 0.320. The normalized spacial score (nSPS) is 16.2. The zero-order valence-corrected chi connectivity index (χ0v) is 22.1. The van der Waals surface area contributed by atoms with Gasteiger partial charge in [0.05, 0.1) is 61.4 Å². The molecular weight excluding hydrogens is 498 g/mol. The Morgan fingerprint density at radius 2 is 2.18 bits per heavy atom. The largest absolute Gasteiger partial charge is 0.496 e. The molecule has 0 bridgehead atoms. The van der Waals surface area contributed by atoms with Gasteiger partial charge >= 0.3 is 0 Å². The van der Waals surface area contributed by atoms with Gasteiger partial charge in [0.25, 0.3) is 0 Å². The number of benzene rings is 1. The minimum atomic E-state index is -0.600. The van der Waals surface area contributed by atoms with Gasteiger partial charge in [0.1, 0.15) is 12.3 Å². The number of hydrogen-bond donors (Lipinski definition) is 0. The van der Waals surface area contributed by atoms with Gasteiger partial charge in [0.2, 0.25) is 5.91 Å². The van der Waals surface area contributed by atoms with E-state index in [9.17, 15) is 14.9 Å². The van der Waals surface area contributed by atoms with E-state index >= 15 is 0 Å². The van der Waals surface area contributed by atoms with Gasteiger partial charge in [-0.2, -0.15) is 15.5 Å². The van der Waals surface area contributed by atoms with Crippen LogP contribution in [0.1, 0.15) is 47.7 Å². The molecule has 1 saturated heterocycles. The summed E-state index contributed by atoms with van der Waals surface area (Å²) in [4.78, 5) is 33.3. The van der Waals surface area contributed by atoms with Crippen LogP contribution in [0.25, 0.3) is 16.9 Å². The third kappa shape index (κ3) is 4.98. The van der Waals surface area contributed by atoms with Crippen LogP contribution in [0.15, 0.2) is 49.1 Å². The fourth-order valence-electron chi connectivity index (χ4n) is 5.01. The highest BCUT2D eigenvalue weighted by atomic mass is 16.5. The standard InChI is InChI=1S/C28H29N7O4/c1-4-20(27(37)22-14-31-35-9-5-8-30-28(22)35)23-15-33(16-25(36)34-10-11-39-17-18(34)2)32-26(23)21-12-19(13-29)6-7-24(21)38-3/h5-9,12,14-15,18,20H,4,10-11,16-17H2,1-3H3. The van der Waals surface area contributed by atoms with Crippen LogP contribution in [-0.4, -0.2) is 73.9 Å². The fourth-order valence-corrected chi connectivity index (χ4v) is 5.01. The van der Waals surface area contributed by atoms with E-state index in [1.807, 2.05) is 13.8 Å². The van der Waals surface area contributed by atoms with Gasteiger partial charge in [0.15, 0.2) is 11.4 Å². The second-order valence-corrected chi connectivity index (χ2v) is 9.44. The predicted octanol–water partition coefficient (Wildman–Crippen LogP) is 3.10. The second-order valence-electron chi connectivity index (χ2n) is 9.44. The van der Waals surface area contributed by atoms with Gasteiger partial charge in [-0.3, -0.25) is 14.3 Å². The van der Waals surface area contributed by atoms with E-state index in [-0.39, 0.29) is 24.3 Å². The number of ketones is 1. The number of carbonyl (C=O) groups excluding carboxylic acids is 2. The first-order valence-electron chi connectivity index (χ1n) is 12.8. The van der Waals surface area contributed by atoms with Crippen molar-refractivity contribution in [3.63, 3.8) is 0 Å². The maximum Gasteiger partial charge on any atom is 0.244 e. The van der Waals surface area contributed by atoms with Crippen LogP contribution in [0, 0.1) is 11.3 Å². The fraction of sp³-hybridized carbons (Fsp3) is 0.357. The van der Waals surface area contributed by atoms with Gasteiger partial charge in [-0.1, -0.05) is 6.92 Å². The molecule has 4 heterocycles. The topological polar surface area (TPSA) is 128 Å². The highest BCUT2D eigenvalue weighted by Gasteiger charge is 2.31. The van der Waals surface area contributed by atoms with Gasteiger partial charge in [0, 0.05) is 36.3 Å². The van der Waals surface area contributed by atoms with Crippen molar-refractivity contribution < 1.29 is 19.1 Å². The summed E-state index contributed by atoms with van der Waals surface area (Å²) in [7, 11) is 1.54. The summed E-state index contributed by atoms with van der Waals surface area (Å²) in [6, 6.07) is 8.91. The van der Waals surface area contributed by atoms with E-state index in [0.717, 1.165) is 0 Å². The molecule has 0 aliphatic carbocycles. The van der Waals surface area contributed by atoms with Gasteiger partial charge < -0.3 is 14.4 Å². The minimum absolute atomic E-state index is 0.000488. The number of aromatic nitrogens is 5. The Kier molecular flexibility index (Phi) is 7.38. The Balaban J connectivity index is 1.60. The van der Waals surface area contributed by atoms with Crippen LogP contribution in [0.5, 0.6) is 5.75 Å². The molecule has 0 radical (unpaired) electrons. The molecule has 5 rings (SSSR count). The lowest BCUT2D eigenvalue weighted by molar-refractivity contribution is -0.139. The van der Waals surface area contributed by atoms with E-state index < -0.39 is 5.92 Å². The van der Waals surface area contributed by atoms with Crippen molar-refractivity contribution in [2.45, 2.75) is 38.8 Å². The molecule has 0 spiro atoms. The maximum atomic E-state index is 13.9. The first-order chi connectivity index (χ1) is 18.9. The summed E-state index contributed by atoms with van der Waals surface area (Å²) in [5.41, 5.74) is 2.98. The van der Waals surface area contributed by atoms with Crippen LogP contribution >= 0.6 is 0 Å². The molecule has 1 aromatic carbocycles. The van der Waals surface area contributed by atoms with E-state index in [1.165, 1.54) is 13.3 Å². The molecule has 1 fully saturated rings. The molecule has 0 saturated carbocycles. The van der Waals surface area contributed by atoms with Gasteiger partial charge in [-0.05, 0) is 37.6 Å². The molecule has 200 valence electrons. The van der Waals surface area contributed by atoms with Crippen molar-refractivity contribution in [3.8, 4) is 23.1 Å². The summed E-state index contributed by atoms with van der Waals surface area (Å²) >= 11 is 0. The first-order valence-corrected chi connectivity index (χ1v) is 12.8. The van der Waals surface area contributed by atoms with Gasteiger partial charge in [-0.25, -0.2) is 9.50 Å². The number of ether oxygens (including phenoxy) is 2. The Hall–Kier alpha value is -4.56. The molecule has 1 amide bonds. The lowest BCUT2D eigenvalue weighted by Crippen LogP contribution is -2.48. The molecule has 3 aromatic heterocycles. The average molecular weight is 528 g/mol. The predicted molar refractivity (Wildman–Crippen MR) is 141 cm³/mol. The van der Waals surface area contributed by atoms with E-state index in [2.05, 4.69) is 16.2 Å². The SMILES string of the molecule is CCC(C(=O)c1cnn2cccnc12)c1cn(CC(=O)N2CCOCC2C)nc1-c1cc(C#N)ccc1OC. The van der Waals surface area contributed by atoms with Crippen LogP contribution in [0.3, 0.4) is 0 Å². The van der Waals surface area contributed by atoms with Crippen LogP contribution in [-0.2, 0) is 16.1 Å². The van der Waals surface area contributed by atoms with E-state index in [1.54, 1.807) is 57.0 Å². The van der Waals surface area contributed by atoms with E-state index in [0.29, 0.717) is 65.5 Å². The molecule has 4 aromatic rings. The molecule has 11 heteroatoms. The molecule has 1 aliphatic rings. The zero-order chi connectivity index (χ0) is 27.5. The highest BCUT2D eigenvalue weighted by molar-refractivity contribution is 6.06. The molecular formula is C28H29N7O4. The number of nitrogens with zero attached hydrogens (tertiary/aromatic N) is 7. The van der Waals surface area contributed by atoms with Crippen LogP contribution in [0.4, 0.5) is 0 Å². The first kappa shape index (κ1) is 26.1. The van der Waals surface area contributed by atoms with Crippen molar-refractivity contribution in [2.24, 2.45) is 0 Å². The molecule has 11 nitrogen and oxygen atoms in total. The number of hydrogen-bond acceptors (Lipinski definition) is 8. The molecule has 39 heavy (non-hydrogen) atoms. The minimum Gasteiger partial charge on any atom is -0.496 e. The maximum absolute atomic E-state index is 13.9. The van der Waals surface area contributed by atoms with E-state index in [4.69, 9.17) is 14.6 Å². The number of morpholine rings is 1. The van der Waals surface area contributed by atoms with Gasteiger partial charge in [-0.15, -0.1) is 0 Å². The number of rotatable bonds is 8. The summed E-state index contributed by atoms with van der Waals surface area (Å²) in [5.74, 6) is -0.337. The molecule has 0 N–H and O–H groups in total. The number of fused-ring (bicyclic) bond motifs is 1. The number of methoxy groups -OCH3 is 1. The third-order valence-electron chi connectivity index (χ3n) is 7.00. The summed E-state index contributed by atoms with van der Waals surface area (Å²) < 4.78 is 14.2. The zero-order valence-electron chi connectivity index (χ0n) is 22.1. The summed E-state index contributed by atoms with van der Waals surface area (Å²) in [5, 5.41) is 18.6. The monoisotopic (exact) mass is 527 g/mol. The van der Waals surface area contributed by atoms with Crippen LogP contribution < -0.4 is 4.74 Å². The molecule has 2 unspecified atom stereocenters. The smallest absolute Gasteiger partial charge is 0.244 e. The summed E-state index contributed by atoms with van der Waals surface area (Å²) in [6.45, 7) is 5.36. The Morgan fingerprint density at radius 3 is 2.92 bits per heavy atom. The second kappa shape index (κ2) is 11.0. The Bertz CT molecular complexity index is 1570. The highest BCUT2D eigenvalue weighted by Crippen LogP contribution is 2.38. The van der Waals surface area contributed by atoms with Crippen LogP contribution in [0.2, 0.25) is 0 Å². The summed E-state index contributed by atoms with van der Waals surface area (Å²) in [6.07, 6.45) is 7.10. The van der Waals surface area contributed by atoms with Crippen molar-refractivity contribution >= 4 is 17.3 Å². The number of carbonyl (C=O) groups is 2. The third-order valence-corrected chi connectivity index (χ3v) is 7.00. The molecule has 1 aliphatic heterocycles. The van der Waals surface area contributed by atoms with Crippen molar-refractivity contribution in [1.82, 2.24) is 29.3 Å². The number of amides is 1. The van der Waals surface area contributed by atoms with Crippen molar-refractivity contribution in [3.05, 3.63) is 65.7 Å². The lowest BCUT2D eigenvalue weighted by atomic mass is 9.88. The van der Waals surface area contributed by atoms with Crippen molar-refractivity contribution in [1.29, 1.82) is 5.26 Å². The lowest BCUT2D eigenvalue weighted by Gasteiger charge is -2.33. The van der Waals surface area contributed by atoms with Crippen molar-refractivity contribution in [2.75, 3.05) is 26.9 Å². The molecule has 2 atom stereocenters. The average Bonchev–Trinajstić information content (AvgIpc) is 3.57. The number of nitriles is 1. The Labute approximate surface area is 225 Å². The number of Topliss-reactive ketones (excluding diaryl/α,β-unsaturated/α-hetero) is 1.